The van der Waals surface area contributed by atoms with Crippen molar-refractivity contribution >= 4 is 27.5 Å². The number of anilines is 1. The van der Waals surface area contributed by atoms with Crippen molar-refractivity contribution in [3.8, 4) is 5.75 Å². The van der Waals surface area contributed by atoms with Crippen LogP contribution in [-0.2, 0) is 20.4 Å². The first kappa shape index (κ1) is 20.7. The largest absolute Gasteiger partial charge is 0.488 e. The van der Waals surface area contributed by atoms with E-state index in [1.54, 1.807) is 24.3 Å². The summed E-state index contributed by atoms with van der Waals surface area (Å²) in [6.07, 6.45) is -2.47. The Morgan fingerprint density at radius 2 is 1.83 bits per heavy atom. The smallest absolute Gasteiger partial charge is 0.328 e. The van der Waals surface area contributed by atoms with Crippen LogP contribution < -0.4 is 15.0 Å². The molecule has 0 atom stereocenters. The van der Waals surface area contributed by atoms with Gasteiger partial charge in [-0.2, -0.15) is 0 Å². The van der Waals surface area contributed by atoms with Gasteiger partial charge in [-0.1, -0.05) is 18.2 Å². The lowest BCUT2D eigenvalue weighted by Crippen LogP contribution is -2.49. The number of nitrogens with zero attached hydrogens (tertiary/aromatic N) is 1. The van der Waals surface area contributed by atoms with Gasteiger partial charge in [0, 0.05) is 18.7 Å². The van der Waals surface area contributed by atoms with Crippen LogP contribution in [0.15, 0.2) is 53.4 Å². The van der Waals surface area contributed by atoms with Crippen molar-refractivity contribution in [1.82, 2.24) is 5.32 Å². The van der Waals surface area contributed by atoms with Crippen LogP contribution in [-0.4, -0.2) is 39.9 Å². The van der Waals surface area contributed by atoms with Gasteiger partial charge in [0.25, 0.3) is 6.43 Å². The quantitative estimate of drug-likeness (QED) is 0.738. The molecule has 0 aliphatic carbocycles. The highest BCUT2D eigenvalue weighted by Gasteiger charge is 2.24. The molecule has 0 aromatic heterocycles. The zero-order valence-electron chi connectivity index (χ0n) is 15.2. The molecule has 3 rings (SSSR count). The number of nitrogens with one attached hydrogen (secondary N) is 1. The van der Waals surface area contributed by atoms with E-state index in [-0.39, 0.29) is 35.3 Å². The van der Waals surface area contributed by atoms with E-state index in [2.05, 4.69) is 5.32 Å². The lowest BCUT2D eigenvalue weighted by molar-refractivity contribution is -0.120. The molecule has 0 saturated carbocycles. The molecule has 1 aliphatic rings. The van der Waals surface area contributed by atoms with Gasteiger partial charge in [-0.15, -0.1) is 0 Å². The average molecular weight is 424 g/mol. The summed E-state index contributed by atoms with van der Waals surface area (Å²) >= 11 is 0. The molecule has 10 heteroatoms. The first-order valence-corrected chi connectivity index (χ1v) is 10.3. The van der Waals surface area contributed by atoms with Crippen LogP contribution in [0.1, 0.15) is 12.0 Å². The summed E-state index contributed by atoms with van der Waals surface area (Å²) in [5.41, 5.74) is 1.03. The maximum absolute atomic E-state index is 12.7. The van der Waals surface area contributed by atoms with Crippen molar-refractivity contribution in [2.24, 2.45) is 0 Å². The maximum atomic E-state index is 12.7. The Kier molecular flexibility index (Phi) is 6.12. The molecule has 0 radical (unpaired) electrons. The van der Waals surface area contributed by atoms with Gasteiger partial charge in [0.1, 0.15) is 12.4 Å². The number of alkyl halides is 2. The minimum absolute atomic E-state index is 0.0396. The van der Waals surface area contributed by atoms with Gasteiger partial charge in [-0.05, 0) is 35.9 Å². The van der Waals surface area contributed by atoms with E-state index in [0.29, 0.717) is 11.3 Å². The summed E-state index contributed by atoms with van der Waals surface area (Å²) in [5, 5.41) is 2.22. The van der Waals surface area contributed by atoms with E-state index in [4.69, 9.17) is 4.74 Å². The van der Waals surface area contributed by atoms with Crippen LogP contribution >= 0.6 is 0 Å². The molecular formula is C19H18F2N2O5S. The van der Waals surface area contributed by atoms with Crippen LogP contribution in [0.4, 0.5) is 19.3 Å². The lowest BCUT2D eigenvalue weighted by Gasteiger charge is -2.26. The van der Waals surface area contributed by atoms with Crippen molar-refractivity contribution in [3.05, 3.63) is 54.1 Å². The second kappa shape index (κ2) is 8.56. The predicted molar refractivity (Wildman–Crippen MR) is 101 cm³/mol. The second-order valence-corrected chi connectivity index (χ2v) is 8.35. The summed E-state index contributed by atoms with van der Waals surface area (Å²) in [4.78, 5) is 24.4. The number of urea groups is 1. The molecule has 3 amide bonds. The molecule has 1 heterocycles. The van der Waals surface area contributed by atoms with Crippen LogP contribution in [0.5, 0.6) is 5.75 Å². The molecule has 29 heavy (non-hydrogen) atoms. The molecule has 1 saturated heterocycles. The van der Waals surface area contributed by atoms with Gasteiger partial charge >= 0.3 is 6.03 Å². The number of hydrogen-bond donors (Lipinski definition) is 1. The minimum Gasteiger partial charge on any atom is -0.488 e. The Labute approximate surface area is 166 Å². The van der Waals surface area contributed by atoms with Crippen molar-refractivity contribution in [1.29, 1.82) is 0 Å². The van der Waals surface area contributed by atoms with Gasteiger partial charge in [0.15, 0.2) is 9.84 Å². The SMILES string of the molecule is O=C1CCN(c2ccc(CS(=O)(=O)c3cccc(OCC(F)F)c3)cc2)C(=O)N1. The molecule has 154 valence electrons. The van der Waals surface area contributed by atoms with Crippen molar-refractivity contribution in [2.75, 3.05) is 18.1 Å². The summed E-state index contributed by atoms with van der Waals surface area (Å²) in [6, 6.07) is 11.2. The summed E-state index contributed by atoms with van der Waals surface area (Å²) < 4.78 is 54.7. The van der Waals surface area contributed by atoms with Gasteiger partial charge in [0.2, 0.25) is 5.91 Å². The Hall–Kier alpha value is -3.01. The number of hydrogen-bond acceptors (Lipinski definition) is 5. The van der Waals surface area contributed by atoms with E-state index in [0.717, 1.165) is 0 Å². The molecule has 1 N–H and O–H groups in total. The van der Waals surface area contributed by atoms with E-state index < -0.39 is 28.9 Å². The van der Waals surface area contributed by atoms with E-state index in [1.807, 2.05) is 0 Å². The van der Waals surface area contributed by atoms with Gasteiger partial charge < -0.3 is 4.74 Å². The van der Waals surface area contributed by atoms with Crippen LogP contribution in [0.25, 0.3) is 0 Å². The zero-order chi connectivity index (χ0) is 21.0. The number of ether oxygens (including phenoxy) is 1. The molecule has 7 nitrogen and oxygen atoms in total. The molecule has 2 aromatic rings. The van der Waals surface area contributed by atoms with Crippen LogP contribution in [0, 0.1) is 0 Å². The van der Waals surface area contributed by atoms with Crippen LogP contribution in [0.3, 0.4) is 0 Å². The third-order valence-corrected chi connectivity index (χ3v) is 5.88. The van der Waals surface area contributed by atoms with Gasteiger partial charge in [0.05, 0.1) is 10.6 Å². The summed E-state index contributed by atoms with van der Waals surface area (Å²) in [6.45, 7) is -0.575. The number of amides is 3. The molecule has 1 fully saturated rings. The predicted octanol–water partition coefficient (Wildman–Crippen LogP) is 2.75. The number of carbonyl (C=O) groups is 2. The number of benzene rings is 2. The number of carbonyl (C=O) groups excluding carboxylic acids is 2. The molecule has 0 spiro atoms. The fourth-order valence-electron chi connectivity index (χ4n) is 2.80. The Morgan fingerprint density at radius 1 is 1.10 bits per heavy atom. The molecular weight excluding hydrogens is 406 g/mol. The first-order valence-electron chi connectivity index (χ1n) is 8.69. The van der Waals surface area contributed by atoms with E-state index >= 15 is 0 Å². The van der Waals surface area contributed by atoms with Crippen LogP contribution in [0.2, 0.25) is 0 Å². The minimum atomic E-state index is -3.74. The Morgan fingerprint density at radius 3 is 2.48 bits per heavy atom. The monoisotopic (exact) mass is 424 g/mol. The number of imide groups is 1. The normalized spacial score (nSPS) is 14.8. The average Bonchev–Trinajstić information content (AvgIpc) is 2.67. The zero-order valence-corrected chi connectivity index (χ0v) is 16.0. The van der Waals surface area contributed by atoms with E-state index in [1.165, 1.54) is 29.2 Å². The van der Waals surface area contributed by atoms with Crippen molar-refractivity contribution < 1.29 is 31.5 Å². The number of halogens is 2. The topological polar surface area (TPSA) is 92.8 Å². The molecule has 2 aromatic carbocycles. The molecule has 1 aliphatic heterocycles. The Balaban J connectivity index is 1.71. The number of sulfone groups is 1. The third kappa shape index (κ3) is 5.29. The van der Waals surface area contributed by atoms with Gasteiger partial charge in [-0.25, -0.2) is 22.0 Å². The summed E-state index contributed by atoms with van der Waals surface area (Å²) in [7, 11) is -3.74. The maximum Gasteiger partial charge on any atom is 0.328 e. The first-order chi connectivity index (χ1) is 13.7. The Bertz CT molecular complexity index is 1010. The molecule has 0 unspecified atom stereocenters. The van der Waals surface area contributed by atoms with Crippen molar-refractivity contribution in [2.45, 2.75) is 23.5 Å². The van der Waals surface area contributed by atoms with Gasteiger partial charge in [-0.3, -0.25) is 15.0 Å². The number of rotatable bonds is 7. The highest BCUT2D eigenvalue weighted by molar-refractivity contribution is 7.90. The second-order valence-electron chi connectivity index (χ2n) is 6.36. The highest BCUT2D eigenvalue weighted by Crippen LogP contribution is 2.24. The van der Waals surface area contributed by atoms with E-state index in [9.17, 15) is 26.8 Å². The standard InChI is InChI=1S/C19H18F2N2O5S/c20-17(21)11-28-15-2-1-3-16(10-15)29(26,27)12-13-4-6-14(7-5-13)23-9-8-18(24)22-19(23)25/h1-7,10,17H,8-9,11-12H2,(H,22,24,25). The third-order valence-electron chi connectivity index (χ3n) is 4.20. The lowest BCUT2D eigenvalue weighted by atomic mass is 10.2. The fraction of sp³-hybridized carbons (Fsp3) is 0.263. The summed E-state index contributed by atoms with van der Waals surface area (Å²) in [5.74, 6) is -0.600. The fourth-order valence-corrected chi connectivity index (χ4v) is 4.18. The van der Waals surface area contributed by atoms with Crippen molar-refractivity contribution in [3.63, 3.8) is 0 Å². The molecule has 0 bridgehead atoms. The highest BCUT2D eigenvalue weighted by atomic mass is 32.2.